The van der Waals surface area contributed by atoms with E-state index in [1.165, 1.54) is 25.3 Å². The molecule has 19 heavy (non-hydrogen) atoms. The number of methoxy groups -OCH3 is 1. The van der Waals surface area contributed by atoms with Gasteiger partial charge in [0.05, 0.1) is 30.9 Å². The molecule has 0 spiro atoms. The number of ether oxygens (including phenoxy) is 1. The van der Waals surface area contributed by atoms with E-state index in [0.717, 1.165) is 0 Å². The first-order valence-corrected chi connectivity index (χ1v) is 6.75. The van der Waals surface area contributed by atoms with Crippen LogP contribution < -0.4 is 10.5 Å². The predicted octanol–water partition coefficient (Wildman–Crippen LogP) is -0.0181. The van der Waals surface area contributed by atoms with E-state index in [9.17, 15) is 13.2 Å². The van der Waals surface area contributed by atoms with Gasteiger partial charge in [0.1, 0.15) is 4.90 Å². The van der Waals surface area contributed by atoms with E-state index in [1.54, 1.807) is 0 Å². The van der Waals surface area contributed by atoms with Crippen LogP contribution in [0.4, 0.5) is 5.69 Å². The average Bonchev–Trinajstić information content (AvgIpc) is 2.37. The minimum Gasteiger partial charge on any atom is -0.469 e. The number of hydrogen-bond acceptors (Lipinski definition) is 6. The average molecular weight is 283 g/mol. The normalized spacial score (nSPS) is 10.7. The van der Waals surface area contributed by atoms with Gasteiger partial charge < -0.3 is 10.5 Å². The largest absolute Gasteiger partial charge is 0.469 e. The molecule has 0 aliphatic rings. The summed E-state index contributed by atoms with van der Waals surface area (Å²) in [6.07, 6.45) is -0.0775. The lowest BCUT2D eigenvalue weighted by Gasteiger charge is -2.08. The number of carbonyl (C=O) groups excluding carboxylic acids is 1. The molecule has 0 aromatic heterocycles. The molecule has 0 atom stereocenters. The second-order valence-corrected chi connectivity index (χ2v) is 5.32. The molecular weight excluding hydrogens is 270 g/mol. The number of sulfonamides is 1. The lowest BCUT2D eigenvalue weighted by Crippen LogP contribution is -2.27. The molecular formula is C11H13N3O4S. The Hall–Kier alpha value is -2.11. The van der Waals surface area contributed by atoms with Crippen molar-refractivity contribution in [3.63, 3.8) is 0 Å². The van der Waals surface area contributed by atoms with Crippen LogP contribution in [0.5, 0.6) is 0 Å². The van der Waals surface area contributed by atoms with Crippen LogP contribution in [0.15, 0.2) is 23.1 Å². The van der Waals surface area contributed by atoms with Crippen molar-refractivity contribution in [3.8, 4) is 6.07 Å². The summed E-state index contributed by atoms with van der Waals surface area (Å²) in [7, 11) is -2.59. The summed E-state index contributed by atoms with van der Waals surface area (Å²) in [4.78, 5) is 10.7. The van der Waals surface area contributed by atoms with Gasteiger partial charge in [0.25, 0.3) is 0 Å². The number of nitrogens with two attached hydrogens (primary N) is 1. The number of benzene rings is 1. The molecule has 0 amide bonds. The van der Waals surface area contributed by atoms with Crippen molar-refractivity contribution in [1.82, 2.24) is 4.72 Å². The Morgan fingerprint density at radius 2 is 2.21 bits per heavy atom. The molecule has 0 heterocycles. The maximum absolute atomic E-state index is 11.9. The van der Waals surface area contributed by atoms with E-state index in [-0.39, 0.29) is 29.1 Å². The molecule has 7 nitrogen and oxygen atoms in total. The fourth-order valence-corrected chi connectivity index (χ4v) is 2.47. The Balaban J connectivity index is 2.84. The number of nitriles is 1. The maximum atomic E-state index is 11.9. The second-order valence-electron chi connectivity index (χ2n) is 3.59. The van der Waals surface area contributed by atoms with E-state index >= 15 is 0 Å². The van der Waals surface area contributed by atoms with Crippen molar-refractivity contribution in [2.75, 3.05) is 19.4 Å². The summed E-state index contributed by atoms with van der Waals surface area (Å²) >= 11 is 0. The predicted molar refractivity (Wildman–Crippen MR) is 67.4 cm³/mol. The van der Waals surface area contributed by atoms with Gasteiger partial charge in [0.2, 0.25) is 10.0 Å². The van der Waals surface area contributed by atoms with Gasteiger partial charge in [-0.3, -0.25) is 4.79 Å². The summed E-state index contributed by atoms with van der Waals surface area (Å²) in [6.45, 7) is -0.0888. The van der Waals surface area contributed by atoms with E-state index in [4.69, 9.17) is 11.0 Å². The van der Waals surface area contributed by atoms with Crippen LogP contribution >= 0.6 is 0 Å². The molecule has 8 heteroatoms. The third-order valence-corrected chi connectivity index (χ3v) is 3.81. The van der Waals surface area contributed by atoms with Gasteiger partial charge in [-0.1, -0.05) is 0 Å². The van der Waals surface area contributed by atoms with E-state index in [2.05, 4.69) is 9.46 Å². The van der Waals surface area contributed by atoms with Crippen molar-refractivity contribution >= 4 is 21.7 Å². The SMILES string of the molecule is COC(=O)CCNS(=O)(=O)c1ccc(C#N)cc1N. The first kappa shape index (κ1) is 14.9. The number of carbonyl (C=O) groups is 1. The lowest BCUT2D eigenvalue weighted by atomic mass is 10.2. The van der Waals surface area contributed by atoms with Crippen LogP contribution in [-0.2, 0) is 19.6 Å². The van der Waals surface area contributed by atoms with Crippen molar-refractivity contribution in [3.05, 3.63) is 23.8 Å². The fraction of sp³-hybridized carbons (Fsp3) is 0.273. The van der Waals surface area contributed by atoms with Crippen molar-refractivity contribution in [1.29, 1.82) is 5.26 Å². The maximum Gasteiger partial charge on any atom is 0.306 e. The molecule has 0 unspecified atom stereocenters. The molecule has 0 fully saturated rings. The van der Waals surface area contributed by atoms with Gasteiger partial charge in [0.15, 0.2) is 0 Å². The van der Waals surface area contributed by atoms with Crippen molar-refractivity contribution in [2.45, 2.75) is 11.3 Å². The van der Waals surface area contributed by atoms with Crippen molar-refractivity contribution in [2.24, 2.45) is 0 Å². The van der Waals surface area contributed by atoms with Crippen LogP contribution in [-0.4, -0.2) is 28.0 Å². The van der Waals surface area contributed by atoms with Gasteiger partial charge in [-0.25, -0.2) is 13.1 Å². The molecule has 1 aromatic rings. The summed E-state index contributed by atoms with van der Waals surface area (Å²) in [5.74, 6) is -0.518. The zero-order chi connectivity index (χ0) is 14.5. The summed E-state index contributed by atoms with van der Waals surface area (Å²) in [6, 6.07) is 5.73. The number of esters is 1. The molecule has 0 saturated carbocycles. The first-order chi connectivity index (χ1) is 8.90. The zero-order valence-electron chi connectivity index (χ0n) is 10.2. The van der Waals surface area contributed by atoms with Gasteiger partial charge >= 0.3 is 5.97 Å². The third kappa shape index (κ3) is 3.94. The quantitative estimate of drug-likeness (QED) is 0.578. The highest BCUT2D eigenvalue weighted by atomic mass is 32.2. The van der Waals surface area contributed by atoms with Gasteiger partial charge in [0, 0.05) is 6.54 Å². The van der Waals surface area contributed by atoms with Gasteiger partial charge in [-0.2, -0.15) is 5.26 Å². The van der Waals surface area contributed by atoms with Gasteiger partial charge in [-0.05, 0) is 18.2 Å². The number of nitrogen functional groups attached to an aromatic ring is 1. The number of rotatable bonds is 5. The van der Waals surface area contributed by atoms with Crippen LogP contribution in [0, 0.1) is 11.3 Å². The highest BCUT2D eigenvalue weighted by Gasteiger charge is 2.17. The van der Waals surface area contributed by atoms with E-state index < -0.39 is 16.0 Å². The zero-order valence-corrected chi connectivity index (χ0v) is 11.0. The molecule has 102 valence electrons. The molecule has 0 radical (unpaired) electrons. The Morgan fingerprint density at radius 1 is 1.53 bits per heavy atom. The Kier molecular flexibility index (Phi) is 4.86. The van der Waals surface area contributed by atoms with Crippen LogP contribution in [0.2, 0.25) is 0 Å². The smallest absolute Gasteiger partial charge is 0.306 e. The standard InChI is InChI=1S/C11H13N3O4S/c1-18-11(15)4-5-14-19(16,17)10-3-2-8(7-12)6-9(10)13/h2-3,6,14H,4-5,13H2,1H3. The minimum atomic E-state index is -3.81. The van der Waals surface area contributed by atoms with Crippen LogP contribution in [0.25, 0.3) is 0 Å². The second kappa shape index (κ2) is 6.17. The summed E-state index contributed by atoms with van der Waals surface area (Å²) in [5, 5.41) is 8.66. The Labute approximate surface area is 111 Å². The minimum absolute atomic E-state index is 0.0235. The monoisotopic (exact) mass is 283 g/mol. The molecule has 3 N–H and O–H groups in total. The highest BCUT2D eigenvalue weighted by molar-refractivity contribution is 7.89. The Morgan fingerprint density at radius 3 is 2.74 bits per heavy atom. The van der Waals surface area contributed by atoms with E-state index in [1.807, 2.05) is 6.07 Å². The Bertz CT molecular complexity index is 619. The summed E-state index contributed by atoms with van der Waals surface area (Å²) < 4.78 is 30.4. The number of nitrogens with zero attached hydrogens (tertiary/aromatic N) is 1. The molecule has 1 aromatic carbocycles. The van der Waals surface area contributed by atoms with Crippen LogP contribution in [0.1, 0.15) is 12.0 Å². The van der Waals surface area contributed by atoms with Gasteiger partial charge in [-0.15, -0.1) is 0 Å². The molecule has 0 aliphatic heterocycles. The number of hydrogen-bond donors (Lipinski definition) is 2. The topological polar surface area (TPSA) is 122 Å². The van der Waals surface area contributed by atoms with E-state index in [0.29, 0.717) is 0 Å². The molecule has 1 rings (SSSR count). The molecule has 0 aliphatic carbocycles. The van der Waals surface area contributed by atoms with Crippen LogP contribution in [0.3, 0.4) is 0 Å². The summed E-state index contributed by atoms with van der Waals surface area (Å²) in [5.41, 5.74) is 5.82. The lowest BCUT2D eigenvalue weighted by molar-refractivity contribution is -0.140. The number of nitrogens with one attached hydrogen (secondary N) is 1. The number of anilines is 1. The molecule has 0 saturated heterocycles. The molecule has 0 bridgehead atoms. The highest BCUT2D eigenvalue weighted by Crippen LogP contribution is 2.19. The first-order valence-electron chi connectivity index (χ1n) is 5.27. The fourth-order valence-electron chi connectivity index (χ4n) is 1.33. The third-order valence-electron chi connectivity index (χ3n) is 2.28. The van der Waals surface area contributed by atoms with Crippen molar-refractivity contribution < 1.29 is 17.9 Å².